The monoisotopic (exact) mass is 379 g/mol. The fraction of sp³-hybridized carbons (Fsp3) is 0.182. The number of carbonyl (C=O) groups is 2. The van der Waals surface area contributed by atoms with Gasteiger partial charge in [-0.05, 0) is 48.9 Å². The van der Waals surface area contributed by atoms with Crippen LogP contribution in [0.1, 0.15) is 23.0 Å². The van der Waals surface area contributed by atoms with Crippen LogP contribution in [-0.4, -0.2) is 32.1 Å². The van der Waals surface area contributed by atoms with Crippen LogP contribution in [0.15, 0.2) is 65.1 Å². The second-order valence-corrected chi connectivity index (χ2v) is 6.13. The fourth-order valence-corrected chi connectivity index (χ4v) is 2.64. The van der Waals surface area contributed by atoms with E-state index < -0.39 is 5.97 Å². The molecule has 0 atom stereocenters. The van der Waals surface area contributed by atoms with Crippen molar-refractivity contribution in [2.45, 2.75) is 6.92 Å². The minimum atomic E-state index is -0.398. The van der Waals surface area contributed by atoms with E-state index in [2.05, 4.69) is 10.1 Å². The molecule has 28 heavy (non-hydrogen) atoms. The number of carbonyl (C=O) groups excluding carboxylic acids is 2. The molecule has 0 aliphatic rings. The molecule has 3 aromatic rings. The van der Waals surface area contributed by atoms with Crippen LogP contribution >= 0.6 is 0 Å². The Bertz CT molecular complexity index is 968. The Balaban J connectivity index is 1.47. The minimum Gasteiger partial charge on any atom is -0.492 e. The highest BCUT2D eigenvalue weighted by molar-refractivity contribution is 5.95. The Morgan fingerprint density at radius 1 is 1.11 bits per heavy atom. The molecule has 144 valence electrons. The van der Waals surface area contributed by atoms with E-state index in [9.17, 15) is 9.59 Å². The first-order valence-electron chi connectivity index (χ1n) is 8.83. The van der Waals surface area contributed by atoms with Gasteiger partial charge in [-0.25, -0.2) is 4.79 Å². The maximum Gasteiger partial charge on any atom is 0.337 e. The summed E-state index contributed by atoms with van der Waals surface area (Å²) in [5, 5.41) is 3.77. The lowest BCUT2D eigenvalue weighted by Gasteiger charge is -2.07. The van der Waals surface area contributed by atoms with Gasteiger partial charge in [0.1, 0.15) is 23.7 Å². The van der Waals surface area contributed by atoms with Gasteiger partial charge in [-0.1, -0.05) is 18.2 Å². The van der Waals surface area contributed by atoms with Gasteiger partial charge in [0.25, 0.3) is 0 Å². The highest BCUT2D eigenvalue weighted by atomic mass is 16.5. The van der Waals surface area contributed by atoms with E-state index in [4.69, 9.17) is 9.15 Å². The zero-order chi connectivity index (χ0) is 19.9. The summed E-state index contributed by atoms with van der Waals surface area (Å²) in [4.78, 5) is 23.4. The Labute approximate surface area is 162 Å². The van der Waals surface area contributed by atoms with Crippen molar-refractivity contribution in [3.05, 3.63) is 72.0 Å². The molecule has 0 bridgehead atoms. The van der Waals surface area contributed by atoms with Gasteiger partial charge in [0.15, 0.2) is 0 Å². The molecule has 2 aromatic carbocycles. The highest BCUT2D eigenvalue weighted by Gasteiger charge is 2.07. The molecule has 1 aromatic heterocycles. The molecule has 0 spiro atoms. The van der Waals surface area contributed by atoms with Gasteiger partial charge in [0, 0.05) is 11.5 Å². The van der Waals surface area contributed by atoms with Gasteiger partial charge in [0.05, 0.1) is 19.2 Å². The summed E-state index contributed by atoms with van der Waals surface area (Å²) in [7, 11) is 1.33. The van der Waals surface area contributed by atoms with Crippen molar-refractivity contribution < 1.29 is 23.5 Å². The van der Waals surface area contributed by atoms with Crippen molar-refractivity contribution in [2.75, 3.05) is 20.3 Å². The van der Waals surface area contributed by atoms with Gasteiger partial charge >= 0.3 is 5.97 Å². The second-order valence-electron chi connectivity index (χ2n) is 6.13. The molecule has 6 nitrogen and oxygen atoms in total. The summed E-state index contributed by atoms with van der Waals surface area (Å²) < 4.78 is 15.9. The van der Waals surface area contributed by atoms with Crippen molar-refractivity contribution in [1.29, 1.82) is 0 Å². The molecule has 0 saturated carbocycles. The number of hydrogen-bond donors (Lipinski definition) is 1. The molecule has 0 radical (unpaired) electrons. The molecule has 3 rings (SSSR count). The van der Waals surface area contributed by atoms with Crippen molar-refractivity contribution in [3.63, 3.8) is 0 Å². The molecular weight excluding hydrogens is 358 g/mol. The number of nitrogens with one attached hydrogen (secondary N) is 1. The van der Waals surface area contributed by atoms with Crippen LogP contribution in [0.2, 0.25) is 0 Å². The number of amides is 1. The number of methoxy groups -OCH3 is 1. The van der Waals surface area contributed by atoms with Crippen LogP contribution in [-0.2, 0) is 9.53 Å². The summed E-state index contributed by atoms with van der Waals surface area (Å²) in [6.07, 6.45) is 1.50. The minimum absolute atomic E-state index is 0.220. The number of furan rings is 1. The molecule has 1 heterocycles. The number of rotatable bonds is 7. The van der Waals surface area contributed by atoms with Crippen LogP contribution < -0.4 is 10.1 Å². The zero-order valence-electron chi connectivity index (χ0n) is 15.7. The first-order chi connectivity index (χ1) is 13.6. The fourth-order valence-electron chi connectivity index (χ4n) is 2.64. The van der Waals surface area contributed by atoms with Crippen molar-refractivity contribution in [3.8, 4) is 5.75 Å². The summed E-state index contributed by atoms with van der Waals surface area (Å²) in [5.74, 6) is 0.655. The summed E-state index contributed by atoms with van der Waals surface area (Å²) in [6, 6.07) is 16.2. The number of esters is 1. The van der Waals surface area contributed by atoms with E-state index in [1.807, 2.05) is 37.3 Å². The zero-order valence-corrected chi connectivity index (χ0v) is 15.7. The van der Waals surface area contributed by atoms with Crippen LogP contribution in [0.3, 0.4) is 0 Å². The van der Waals surface area contributed by atoms with Crippen LogP contribution in [0.4, 0.5) is 0 Å². The number of allylic oxidation sites excluding steroid dienone is 1. The quantitative estimate of drug-likeness (QED) is 0.384. The summed E-state index contributed by atoms with van der Waals surface area (Å²) in [5.41, 5.74) is 1.99. The van der Waals surface area contributed by atoms with Crippen LogP contribution in [0.5, 0.6) is 5.75 Å². The first-order valence-corrected chi connectivity index (χ1v) is 8.83. The maximum atomic E-state index is 12.1. The van der Waals surface area contributed by atoms with Gasteiger partial charge in [-0.15, -0.1) is 0 Å². The third kappa shape index (κ3) is 4.79. The molecule has 1 amide bonds. The highest BCUT2D eigenvalue weighted by Crippen LogP contribution is 2.24. The topological polar surface area (TPSA) is 77.8 Å². The Morgan fingerprint density at radius 2 is 1.86 bits per heavy atom. The molecule has 6 heteroatoms. The Morgan fingerprint density at radius 3 is 2.57 bits per heavy atom. The van der Waals surface area contributed by atoms with Crippen LogP contribution in [0, 0.1) is 0 Å². The average Bonchev–Trinajstić information content (AvgIpc) is 3.15. The third-order valence-electron chi connectivity index (χ3n) is 4.11. The third-order valence-corrected chi connectivity index (χ3v) is 4.11. The lowest BCUT2D eigenvalue weighted by Crippen LogP contribution is -2.26. The molecule has 0 fully saturated rings. The van der Waals surface area contributed by atoms with E-state index in [0.717, 1.165) is 16.5 Å². The van der Waals surface area contributed by atoms with E-state index in [0.29, 0.717) is 30.2 Å². The van der Waals surface area contributed by atoms with E-state index >= 15 is 0 Å². The number of para-hydroxylation sites is 1. The van der Waals surface area contributed by atoms with Crippen molar-refractivity contribution in [1.82, 2.24) is 5.32 Å². The van der Waals surface area contributed by atoms with Gasteiger partial charge in [-0.2, -0.15) is 0 Å². The lowest BCUT2D eigenvalue weighted by molar-refractivity contribution is -0.116. The Kier molecular flexibility index (Phi) is 6.11. The summed E-state index contributed by atoms with van der Waals surface area (Å²) >= 11 is 0. The number of hydrogen-bond acceptors (Lipinski definition) is 5. The predicted molar refractivity (Wildman–Crippen MR) is 106 cm³/mol. The van der Waals surface area contributed by atoms with Gasteiger partial charge in [0.2, 0.25) is 5.91 Å². The SMILES string of the molecule is COC(=O)c1ccc(OCCNC(=O)C=C(C)c2cc3ccccc3o2)cc1. The van der Waals surface area contributed by atoms with E-state index in [-0.39, 0.29) is 5.91 Å². The smallest absolute Gasteiger partial charge is 0.337 e. The number of fused-ring (bicyclic) bond motifs is 1. The molecular formula is C22H21NO5. The first kappa shape index (κ1) is 19.2. The average molecular weight is 379 g/mol. The van der Waals surface area contributed by atoms with Gasteiger partial charge < -0.3 is 19.2 Å². The predicted octanol–water partition coefficient (Wildman–Crippen LogP) is 3.82. The van der Waals surface area contributed by atoms with Crippen molar-refractivity contribution in [2.24, 2.45) is 0 Å². The molecule has 0 aliphatic carbocycles. The maximum absolute atomic E-state index is 12.1. The normalized spacial score (nSPS) is 11.3. The number of ether oxygens (including phenoxy) is 2. The Hall–Kier alpha value is -3.54. The molecule has 1 N–H and O–H groups in total. The molecule has 0 unspecified atom stereocenters. The van der Waals surface area contributed by atoms with Gasteiger partial charge in [-0.3, -0.25) is 4.79 Å². The number of benzene rings is 2. The van der Waals surface area contributed by atoms with Crippen LogP contribution in [0.25, 0.3) is 16.5 Å². The largest absolute Gasteiger partial charge is 0.492 e. The van der Waals surface area contributed by atoms with E-state index in [1.54, 1.807) is 24.3 Å². The lowest BCUT2D eigenvalue weighted by atomic mass is 10.2. The second kappa shape index (κ2) is 8.90. The van der Waals surface area contributed by atoms with Crippen molar-refractivity contribution >= 4 is 28.4 Å². The molecule has 0 saturated heterocycles. The molecule has 0 aliphatic heterocycles. The standard InChI is InChI=1S/C22H21NO5/c1-15(20-14-17-5-3-4-6-19(17)28-20)13-21(24)23-11-12-27-18-9-7-16(8-10-18)22(25)26-2/h3-10,13-14H,11-12H2,1-2H3,(H,23,24). The summed E-state index contributed by atoms with van der Waals surface area (Å²) in [6.45, 7) is 2.49. The van der Waals surface area contributed by atoms with E-state index in [1.165, 1.54) is 13.2 Å².